The van der Waals surface area contributed by atoms with Crippen molar-refractivity contribution in [3.63, 3.8) is 0 Å². The molecule has 0 radical (unpaired) electrons. The van der Waals surface area contributed by atoms with Crippen molar-refractivity contribution in [2.45, 2.75) is 111 Å². The SMILES string of the molecule is CC1(C)OC[C@]2(C[C@@]34CC[C@@]5(C)[C@@](C)(CCC[C@@]5(C)C(=O)O)[C@]3(C)CC[C@@H]2C4)O1. The molecule has 164 valence electrons. The maximum absolute atomic E-state index is 12.5. The summed E-state index contributed by atoms with van der Waals surface area (Å²) in [6.45, 7) is 14.2. The minimum atomic E-state index is -0.632. The lowest BCUT2D eigenvalue weighted by atomic mass is 9.30. The minimum absolute atomic E-state index is 0.0368. The van der Waals surface area contributed by atoms with Crippen LogP contribution in [0.5, 0.6) is 0 Å². The molecule has 0 unspecified atom stereocenters. The maximum atomic E-state index is 12.5. The molecule has 5 fully saturated rings. The largest absolute Gasteiger partial charge is 0.481 e. The van der Waals surface area contributed by atoms with Gasteiger partial charge in [-0.3, -0.25) is 4.79 Å². The summed E-state index contributed by atoms with van der Waals surface area (Å²) in [5.41, 5.74) is -0.484. The van der Waals surface area contributed by atoms with E-state index in [2.05, 4.69) is 34.6 Å². The first-order valence-electron chi connectivity index (χ1n) is 11.9. The fourth-order valence-electron chi connectivity index (χ4n) is 9.65. The van der Waals surface area contributed by atoms with Gasteiger partial charge in [0.05, 0.1) is 17.6 Å². The van der Waals surface area contributed by atoms with Gasteiger partial charge in [-0.15, -0.1) is 0 Å². The van der Waals surface area contributed by atoms with Crippen molar-refractivity contribution >= 4 is 5.97 Å². The molecule has 0 aromatic heterocycles. The van der Waals surface area contributed by atoms with Crippen LogP contribution < -0.4 is 0 Å². The van der Waals surface area contributed by atoms with Gasteiger partial charge in [-0.1, -0.05) is 27.2 Å². The zero-order valence-electron chi connectivity index (χ0n) is 19.3. The molecule has 2 spiro atoms. The molecule has 1 N–H and O–H groups in total. The summed E-state index contributed by atoms with van der Waals surface area (Å²) in [4.78, 5) is 12.5. The Morgan fingerprint density at radius 1 is 0.897 bits per heavy atom. The number of carboxylic acids is 1. The van der Waals surface area contributed by atoms with Crippen LogP contribution in [0.2, 0.25) is 0 Å². The quantitative estimate of drug-likeness (QED) is 0.601. The monoisotopic (exact) mass is 404 g/mol. The Kier molecular flexibility index (Phi) is 3.79. The van der Waals surface area contributed by atoms with E-state index in [4.69, 9.17) is 9.47 Å². The molecule has 0 amide bonds. The van der Waals surface area contributed by atoms with E-state index < -0.39 is 17.2 Å². The van der Waals surface area contributed by atoms with Gasteiger partial charge in [-0.25, -0.2) is 0 Å². The predicted octanol–water partition coefficient (Wildman–Crippen LogP) is 5.79. The van der Waals surface area contributed by atoms with Crippen LogP contribution in [0.15, 0.2) is 0 Å². The second-order valence-electron chi connectivity index (χ2n) is 12.7. The first-order valence-corrected chi connectivity index (χ1v) is 11.9. The summed E-state index contributed by atoms with van der Waals surface area (Å²) in [7, 11) is 0. The Balaban J connectivity index is 1.60. The van der Waals surface area contributed by atoms with Gasteiger partial charge in [0.1, 0.15) is 0 Å². The van der Waals surface area contributed by atoms with Gasteiger partial charge >= 0.3 is 5.97 Å². The average Bonchev–Trinajstić information content (AvgIpc) is 3.08. The zero-order chi connectivity index (χ0) is 21.1. The molecule has 0 aromatic rings. The third-order valence-corrected chi connectivity index (χ3v) is 11.9. The lowest BCUT2D eigenvalue weighted by Crippen LogP contribution is -2.68. The molecular formula is C25H40O4. The van der Waals surface area contributed by atoms with Crippen molar-refractivity contribution in [2.75, 3.05) is 6.61 Å². The Morgan fingerprint density at radius 3 is 2.24 bits per heavy atom. The van der Waals surface area contributed by atoms with Gasteiger partial charge in [-0.05, 0) is 99.7 Å². The second kappa shape index (κ2) is 5.41. The number of carboxylic acid groups (broad SMARTS) is 1. The normalized spacial score (nSPS) is 58.1. The standard InChI is InChI=1S/C25H40O4/c1-19(2)28-16-25(29-19)15-24-13-12-21(4)20(3,18(26)27)9-7-10-22(21,5)23(24,6)11-8-17(25)14-24/h17H,7-16H2,1-6H3,(H,26,27)/t17-,20+,21-,22-,23+,24+,25+/m1/s1. The van der Waals surface area contributed by atoms with E-state index in [1.54, 1.807) is 0 Å². The van der Waals surface area contributed by atoms with Gasteiger partial charge in [0, 0.05) is 0 Å². The van der Waals surface area contributed by atoms with Gasteiger partial charge < -0.3 is 14.6 Å². The van der Waals surface area contributed by atoms with Gasteiger partial charge in [0.25, 0.3) is 0 Å². The van der Waals surface area contributed by atoms with Crippen LogP contribution in [0.3, 0.4) is 0 Å². The Labute approximate surface area is 176 Å². The van der Waals surface area contributed by atoms with E-state index in [0.29, 0.717) is 5.92 Å². The molecule has 5 rings (SSSR count). The summed E-state index contributed by atoms with van der Waals surface area (Å²) >= 11 is 0. The highest BCUT2D eigenvalue weighted by Gasteiger charge is 2.77. The fourth-order valence-corrected chi connectivity index (χ4v) is 9.65. The molecule has 7 atom stereocenters. The molecule has 1 saturated heterocycles. The number of hydrogen-bond acceptors (Lipinski definition) is 3. The smallest absolute Gasteiger partial charge is 0.309 e. The number of aliphatic carboxylic acids is 1. The molecular weight excluding hydrogens is 364 g/mol. The number of rotatable bonds is 1. The van der Waals surface area contributed by atoms with Gasteiger partial charge in [0.2, 0.25) is 0 Å². The molecule has 4 heteroatoms. The van der Waals surface area contributed by atoms with Crippen molar-refractivity contribution in [3.8, 4) is 0 Å². The molecule has 4 nitrogen and oxygen atoms in total. The van der Waals surface area contributed by atoms with Crippen molar-refractivity contribution in [2.24, 2.45) is 33.0 Å². The maximum Gasteiger partial charge on any atom is 0.309 e. The first-order chi connectivity index (χ1) is 13.3. The average molecular weight is 405 g/mol. The third kappa shape index (κ3) is 2.07. The van der Waals surface area contributed by atoms with Crippen LogP contribution in [-0.4, -0.2) is 29.1 Å². The van der Waals surface area contributed by atoms with E-state index in [1.807, 2.05) is 6.92 Å². The molecule has 29 heavy (non-hydrogen) atoms. The van der Waals surface area contributed by atoms with Gasteiger partial charge in [0.15, 0.2) is 5.79 Å². The van der Waals surface area contributed by atoms with Crippen LogP contribution in [0, 0.1) is 33.0 Å². The second-order valence-corrected chi connectivity index (χ2v) is 12.7. The fraction of sp³-hybridized carbons (Fsp3) is 0.960. The van der Waals surface area contributed by atoms with Crippen molar-refractivity contribution in [1.29, 1.82) is 0 Å². The van der Waals surface area contributed by atoms with Crippen LogP contribution in [-0.2, 0) is 14.3 Å². The Morgan fingerprint density at radius 2 is 1.62 bits per heavy atom. The number of fused-ring (bicyclic) bond motifs is 4. The number of carbonyl (C=O) groups is 1. The lowest BCUT2D eigenvalue weighted by Gasteiger charge is -2.73. The van der Waals surface area contributed by atoms with Crippen molar-refractivity contribution in [1.82, 2.24) is 0 Å². The first kappa shape index (κ1) is 20.3. The van der Waals surface area contributed by atoms with E-state index in [1.165, 1.54) is 19.3 Å². The lowest BCUT2D eigenvalue weighted by molar-refractivity contribution is -0.257. The van der Waals surface area contributed by atoms with E-state index in [-0.39, 0.29) is 27.3 Å². The van der Waals surface area contributed by atoms with Crippen LogP contribution >= 0.6 is 0 Å². The summed E-state index contributed by atoms with van der Waals surface area (Å²) in [5, 5.41) is 10.3. The molecule has 0 aromatic carbocycles. The molecule has 5 aliphatic rings. The Hall–Kier alpha value is -0.610. The summed E-state index contributed by atoms with van der Waals surface area (Å²) in [5.74, 6) is -0.485. The topological polar surface area (TPSA) is 55.8 Å². The van der Waals surface area contributed by atoms with Crippen molar-refractivity contribution < 1.29 is 19.4 Å². The molecule has 2 bridgehead atoms. The highest BCUT2D eigenvalue weighted by molar-refractivity contribution is 5.76. The zero-order valence-corrected chi connectivity index (χ0v) is 19.3. The minimum Gasteiger partial charge on any atom is -0.481 e. The van der Waals surface area contributed by atoms with Crippen LogP contribution in [0.1, 0.15) is 99.3 Å². The highest BCUT2D eigenvalue weighted by atomic mass is 16.8. The molecule has 4 saturated carbocycles. The van der Waals surface area contributed by atoms with Crippen LogP contribution in [0.4, 0.5) is 0 Å². The highest BCUT2D eigenvalue weighted by Crippen LogP contribution is 2.82. The van der Waals surface area contributed by atoms with E-state index in [9.17, 15) is 9.90 Å². The molecule has 1 aliphatic heterocycles. The molecule has 4 aliphatic carbocycles. The summed E-state index contributed by atoms with van der Waals surface area (Å²) in [6.07, 6.45) is 9.88. The number of hydrogen-bond donors (Lipinski definition) is 1. The van der Waals surface area contributed by atoms with Crippen molar-refractivity contribution in [3.05, 3.63) is 0 Å². The summed E-state index contributed by atoms with van der Waals surface area (Å²) in [6, 6.07) is 0. The van der Waals surface area contributed by atoms with Gasteiger partial charge in [-0.2, -0.15) is 0 Å². The summed E-state index contributed by atoms with van der Waals surface area (Å²) < 4.78 is 12.8. The molecule has 1 heterocycles. The third-order valence-electron chi connectivity index (χ3n) is 11.9. The Bertz CT molecular complexity index is 762. The predicted molar refractivity (Wildman–Crippen MR) is 111 cm³/mol. The number of ether oxygens (including phenoxy) is 2. The van der Waals surface area contributed by atoms with Crippen LogP contribution in [0.25, 0.3) is 0 Å². The van der Waals surface area contributed by atoms with E-state index in [0.717, 1.165) is 45.1 Å². The van der Waals surface area contributed by atoms with E-state index >= 15 is 0 Å².